The summed E-state index contributed by atoms with van der Waals surface area (Å²) in [6.45, 7) is 2.74. The van der Waals surface area contributed by atoms with E-state index in [0.717, 1.165) is 64.1 Å². The summed E-state index contributed by atoms with van der Waals surface area (Å²) in [5, 5.41) is 50.2. The van der Waals surface area contributed by atoms with Gasteiger partial charge in [0.1, 0.15) is 24.1 Å². The van der Waals surface area contributed by atoms with Gasteiger partial charge < -0.3 is 39.9 Å². The largest absolute Gasteiger partial charge is 0.490 e. The summed E-state index contributed by atoms with van der Waals surface area (Å²) in [5.74, 6) is -0.612. The maximum Gasteiger partial charge on any atom is 0.254 e. The van der Waals surface area contributed by atoms with Crippen molar-refractivity contribution in [2.45, 2.75) is 101 Å². The van der Waals surface area contributed by atoms with E-state index in [0.29, 0.717) is 17.9 Å². The number of rotatable bonds is 21. The Bertz CT molecular complexity index is 1800. The van der Waals surface area contributed by atoms with Crippen molar-refractivity contribution in [1.82, 2.24) is 9.88 Å². The second-order valence-electron chi connectivity index (χ2n) is 14.1. The highest BCUT2D eigenvalue weighted by Gasteiger charge is 2.48. The smallest absolute Gasteiger partial charge is 0.254 e. The first-order valence-corrected chi connectivity index (χ1v) is 20.4. The molecule has 290 valence electrons. The van der Waals surface area contributed by atoms with E-state index >= 15 is 0 Å². The Morgan fingerprint density at radius 1 is 1.04 bits per heavy atom. The minimum atomic E-state index is -3.47. The van der Waals surface area contributed by atoms with E-state index in [-0.39, 0.29) is 43.2 Å². The van der Waals surface area contributed by atoms with Crippen LogP contribution in [0.5, 0.6) is 5.75 Å². The number of aliphatic hydroxyl groups excluding tert-OH is 5. The van der Waals surface area contributed by atoms with E-state index in [1.165, 1.54) is 6.92 Å². The SMILES string of the molecule is CCS(=O)(=O)CCN(CCCC(C)c1ccc(Cl)c(COC2(c3cnccc3-c3ccccc3OC3CC3)CC2)c1)C(=O)[C@@H](O)[C@@H](O)[C@H](O)[C@@H](O)CO. The number of hydrogen-bond donors (Lipinski definition) is 5. The quantitative estimate of drug-likeness (QED) is 0.106. The van der Waals surface area contributed by atoms with Crippen molar-refractivity contribution in [3.05, 3.63) is 82.6 Å². The minimum absolute atomic E-state index is 0.00200. The molecule has 2 aliphatic rings. The van der Waals surface area contributed by atoms with Crippen LogP contribution in [-0.4, -0.2) is 111 Å². The van der Waals surface area contributed by atoms with Gasteiger partial charge in [-0.2, -0.15) is 0 Å². The first kappa shape index (κ1) is 41.0. The van der Waals surface area contributed by atoms with Crippen LogP contribution in [0.15, 0.2) is 60.9 Å². The second kappa shape index (κ2) is 18.0. The maximum atomic E-state index is 13.2. The molecule has 1 amide bonds. The third kappa shape index (κ3) is 10.5. The van der Waals surface area contributed by atoms with Crippen LogP contribution >= 0.6 is 11.6 Å². The standard InChI is InChI=1S/C39H51ClN2O10S/c1-3-53(49,50)20-19-42(38(48)37(47)36(46)35(45)33(44)23-43)18-6-7-25(2)26-10-13-32(40)27(21-26)24-51-39(15-16-39)31-22-41-17-14-29(31)30-8-4-5-9-34(30)52-28-11-12-28/h4-5,8-10,13-14,17,21-22,25,28,33,35-37,43-47H,3,6-7,11-12,15-16,18-20,23-24H2,1-2H3/t25?,33-,35+,36-,37-/m0/s1. The minimum Gasteiger partial charge on any atom is -0.490 e. The summed E-state index contributed by atoms with van der Waals surface area (Å²) in [7, 11) is -3.47. The summed E-state index contributed by atoms with van der Waals surface area (Å²) in [4.78, 5) is 18.8. The second-order valence-corrected chi connectivity index (χ2v) is 17.0. The lowest BCUT2D eigenvalue weighted by Gasteiger charge is -2.30. The molecule has 0 radical (unpaired) electrons. The molecule has 12 nitrogen and oxygen atoms in total. The van der Waals surface area contributed by atoms with Crippen molar-refractivity contribution in [2.75, 3.05) is 31.2 Å². The van der Waals surface area contributed by atoms with Crippen LogP contribution in [0.2, 0.25) is 5.02 Å². The number of benzene rings is 2. The Morgan fingerprint density at radius 3 is 2.45 bits per heavy atom. The van der Waals surface area contributed by atoms with Crippen molar-refractivity contribution in [3.63, 3.8) is 0 Å². The fraction of sp³-hybridized carbons (Fsp3) is 0.538. The molecule has 5 atom stereocenters. The van der Waals surface area contributed by atoms with Crippen molar-refractivity contribution in [1.29, 1.82) is 0 Å². The van der Waals surface area contributed by atoms with Crippen LogP contribution < -0.4 is 4.74 Å². The molecule has 0 saturated heterocycles. The number of aromatic nitrogens is 1. The number of sulfone groups is 1. The van der Waals surface area contributed by atoms with E-state index in [4.69, 9.17) is 26.2 Å². The predicted molar refractivity (Wildman–Crippen MR) is 200 cm³/mol. The average molecular weight is 775 g/mol. The Kier molecular flexibility index (Phi) is 13.9. The Morgan fingerprint density at radius 2 is 1.77 bits per heavy atom. The van der Waals surface area contributed by atoms with Gasteiger partial charge in [-0.1, -0.05) is 55.8 Å². The molecule has 2 aliphatic carbocycles. The number of halogens is 1. The third-order valence-corrected chi connectivity index (χ3v) is 12.2. The molecule has 1 heterocycles. The first-order valence-electron chi connectivity index (χ1n) is 18.2. The van der Waals surface area contributed by atoms with Gasteiger partial charge >= 0.3 is 0 Å². The van der Waals surface area contributed by atoms with E-state index in [2.05, 4.69) is 11.1 Å². The predicted octanol–water partition coefficient (Wildman–Crippen LogP) is 3.73. The number of aliphatic hydroxyl groups is 5. The number of ether oxygens (including phenoxy) is 2. The zero-order chi connectivity index (χ0) is 38.3. The van der Waals surface area contributed by atoms with Gasteiger partial charge in [0.25, 0.3) is 5.91 Å². The number of nitrogens with zero attached hydrogens (tertiary/aromatic N) is 2. The zero-order valence-electron chi connectivity index (χ0n) is 30.2. The number of para-hydroxylation sites is 1. The molecule has 0 aliphatic heterocycles. The van der Waals surface area contributed by atoms with Crippen LogP contribution in [-0.2, 0) is 31.6 Å². The summed E-state index contributed by atoms with van der Waals surface area (Å²) in [5.41, 5.74) is 4.36. The third-order valence-electron chi connectivity index (χ3n) is 10.2. The zero-order valence-corrected chi connectivity index (χ0v) is 31.8. The van der Waals surface area contributed by atoms with Crippen molar-refractivity contribution >= 4 is 27.3 Å². The Hall–Kier alpha value is -3.14. The lowest BCUT2D eigenvalue weighted by molar-refractivity contribution is -0.158. The topological polar surface area (TPSA) is 187 Å². The number of amides is 1. The number of carbonyl (C=O) groups is 1. The lowest BCUT2D eigenvalue weighted by atomic mass is 9.94. The molecule has 5 rings (SSSR count). The Labute approximate surface area is 316 Å². The summed E-state index contributed by atoms with van der Waals surface area (Å²) < 4.78 is 37.4. The van der Waals surface area contributed by atoms with Crippen LogP contribution in [0.4, 0.5) is 0 Å². The summed E-state index contributed by atoms with van der Waals surface area (Å²) in [6.07, 6.45) is 0.723. The first-order chi connectivity index (χ1) is 25.3. The van der Waals surface area contributed by atoms with Gasteiger partial charge in [0.15, 0.2) is 15.9 Å². The molecule has 3 aromatic rings. The van der Waals surface area contributed by atoms with Gasteiger partial charge in [0.05, 0.1) is 30.7 Å². The van der Waals surface area contributed by atoms with E-state index < -0.39 is 52.4 Å². The highest BCUT2D eigenvalue weighted by atomic mass is 35.5. The molecule has 1 unspecified atom stereocenters. The van der Waals surface area contributed by atoms with Crippen LogP contribution in [0.25, 0.3) is 11.1 Å². The van der Waals surface area contributed by atoms with Gasteiger partial charge in [-0.15, -0.1) is 0 Å². The summed E-state index contributed by atoms with van der Waals surface area (Å²) in [6, 6.07) is 15.8. The van der Waals surface area contributed by atoms with Crippen molar-refractivity contribution in [2.24, 2.45) is 0 Å². The highest BCUT2D eigenvalue weighted by molar-refractivity contribution is 7.91. The lowest BCUT2D eigenvalue weighted by Crippen LogP contribution is -2.53. The van der Waals surface area contributed by atoms with Gasteiger partial charge in [-0.3, -0.25) is 9.78 Å². The number of hydrogen-bond acceptors (Lipinski definition) is 11. The molecule has 5 N–H and O–H groups in total. The molecule has 2 saturated carbocycles. The van der Waals surface area contributed by atoms with Gasteiger partial charge in [-0.05, 0) is 79.3 Å². The fourth-order valence-corrected chi connectivity index (χ4v) is 7.28. The molecule has 14 heteroatoms. The van der Waals surface area contributed by atoms with Gasteiger partial charge in [-0.25, -0.2) is 8.42 Å². The maximum absolute atomic E-state index is 13.2. The molecular weight excluding hydrogens is 724 g/mol. The Balaban J connectivity index is 1.24. The average Bonchev–Trinajstić information content (AvgIpc) is 4.12. The van der Waals surface area contributed by atoms with E-state index in [1.807, 2.05) is 55.6 Å². The molecule has 53 heavy (non-hydrogen) atoms. The summed E-state index contributed by atoms with van der Waals surface area (Å²) >= 11 is 6.68. The van der Waals surface area contributed by atoms with Crippen LogP contribution in [0, 0.1) is 0 Å². The molecule has 1 aromatic heterocycles. The van der Waals surface area contributed by atoms with Crippen molar-refractivity contribution in [3.8, 4) is 16.9 Å². The number of pyridine rings is 1. The molecule has 2 aromatic carbocycles. The molecule has 0 spiro atoms. The van der Waals surface area contributed by atoms with Crippen LogP contribution in [0.1, 0.15) is 75.0 Å². The molecule has 0 bridgehead atoms. The van der Waals surface area contributed by atoms with E-state index in [1.54, 1.807) is 6.20 Å². The van der Waals surface area contributed by atoms with Crippen molar-refractivity contribution < 1.29 is 48.2 Å². The highest BCUT2D eigenvalue weighted by Crippen LogP contribution is 2.53. The van der Waals surface area contributed by atoms with Gasteiger partial charge in [0, 0.05) is 47.4 Å². The molecule has 2 fully saturated rings. The van der Waals surface area contributed by atoms with Crippen LogP contribution in [0.3, 0.4) is 0 Å². The normalized spacial score (nSPS) is 18.1. The molecular formula is C39H51ClN2O10S. The van der Waals surface area contributed by atoms with Gasteiger partial charge in [0.2, 0.25) is 0 Å². The number of carbonyl (C=O) groups excluding carboxylic acids is 1. The fourth-order valence-electron chi connectivity index (χ4n) is 6.32. The monoisotopic (exact) mass is 774 g/mol. The van der Waals surface area contributed by atoms with E-state index in [9.17, 15) is 33.6 Å².